The third-order valence-electron chi connectivity index (χ3n) is 2.99. The molecule has 0 saturated carbocycles. The van der Waals surface area contributed by atoms with Gasteiger partial charge < -0.3 is 4.74 Å². The fourth-order valence-electron chi connectivity index (χ4n) is 1.91. The van der Waals surface area contributed by atoms with Gasteiger partial charge in [0, 0.05) is 12.6 Å². The smallest absolute Gasteiger partial charge is 0.324 e. The summed E-state index contributed by atoms with van der Waals surface area (Å²) < 4.78 is 31.6. The zero-order valence-electron chi connectivity index (χ0n) is 11.6. The first kappa shape index (κ1) is 15.8. The number of esters is 1. The molecule has 21 heavy (non-hydrogen) atoms. The summed E-state index contributed by atoms with van der Waals surface area (Å²) in [5.41, 5.74) is 5.86. The Hall–Kier alpha value is -1.55. The topological polar surface area (TPSA) is 109 Å². The maximum atomic E-state index is 12.1. The summed E-state index contributed by atoms with van der Waals surface area (Å²) in [6.45, 7) is 2.06. The summed E-state index contributed by atoms with van der Waals surface area (Å²) in [6.07, 6.45) is 1.70. The number of carbonyl (C=O) groups excluding carboxylic acids is 1. The van der Waals surface area contributed by atoms with E-state index in [1.165, 1.54) is 0 Å². The van der Waals surface area contributed by atoms with Crippen LogP contribution in [0.3, 0.4) is 0 Å². The Bertz CT molecular complexity index is 578. The monoisotopic (exact) mass is 314 g/mol. The lowest BCUT2D eigenvalue weighted by Crippen LogP contribution is -2.43. The molecule has 0 bridgehead atoms. The van der Waals surface area contributed by atoms with Crippen LogP contribution in [0, 0.1) is 0 Å². The lowest BCUT2D eigenvalue weighted by molar-refractivity contribution is -0.145. The Morgan fingerprint density at radius 2 is 2.29 bits per heavy atom. The van der Waals surface area contributed by atoms with Crippen LogP contribution >= 0.6 is 0 Å². The highest BCUT2D eigenvalue weighted by atomic mass is 32.2. The predicted molar refractivity (Wildman–Crippen MR) is 75.1 cm³/mol. The average Bonchev–Trinajstić information content (AvgIpc) is 2.97. The average molecular weight is 314 g/mol. The van der Waals surface area contributed by atoms with Crippen molar-refractivity contribution in [1.29, 1.82) is 0 Å². The third kappa shape index (κ3) is 4.21. The Labute approximate surface area is 123 Å². The largest absolute Gasteiger partial charge is 0.465 e. The molecule has 9 heteroatoms. The molecular formula is C12H18N4O4S. The number of rotatable bonds is 6. The molecular weight excluding hydrogens is 296 g/mol. The summed E-state index contributed by atoms with van der Waals surface area (Å²) in [5.74, 6) is -0.465. The van der Waals surface area contributed by atoms with E-state index in [2.05, 4.69) is 20.6 Å². The van der Waals surface area contributed by atoms with Crippen LogP contribution in [0.25, 0.3) is 0 Å². The number of pyridine rings is 1. The first-order chi connectivity index (χ1) is 10.0. The van der Waals surface area contributed by atoms with Crippen molar-refractivity contribution in [2.45, 2.75) is 31.3 Å². The summed E-state index contributed by atoms with van der Waals surface area (Å²) in [4.78, 5) is 15.6. The normalized spacial score (nSPS) is 22.1. The van der Waals surface area contributed by atoms with Crippen LogP contribution in [-0.2, 0) is 26.1 Å². The predicted octanol–water partition coefficient (Wildman–Crippen LogP) is -0.743. The van der Waals surface area contributed by atoms with Crippen LogP contribution < -0.4 is 15.6 Å². The van der Waals surface area contributed by atoms with Gasteiger partial charge in [0.15, 0.2) is 0 Å². The molecule has 0 spiro atoms. The molecule has 2 heterocycles. The fourth-order valence-corrected chi connectivity index (χ4v) is 3.12. The minimum absolute atomic E-state index is 0.103. The first-order valence-electron chi connectivity index (χ1n) is 6.59. The lowest BCUT2D eigenvalue weighted by atomic mass is 10.2. The van der Waals surface area contributed by atoms with Crippen molar-refractivity contribution < 1.29 is 17.9 Å². The second kappa shape index (κ2) is 6.94. The van der Waals surface area contributed by atoms with Crippen molar-refractivity contribution in [3.8, 4) is 0 Å². The molecule has 8 nitrogen and oxygen atoms in total. The van der Waals surface area contributed by atoms with E-state index < -0.39 is 27.4 Å². The van der Waals surface area contributed by atoms with Crippen molar-refractivity contribution in [2.24, 2.45) is 0 Å². The molecule has 1 fully saturated rings. The van der Waals surface area contributed by atoms with Gasteiger partial charge in [-0.05, 0) is 19.1 Å². The van der Waals surface area contributed by atoms with Crippen molar-refractivity contribution in [1.82, 2.24) is 20.6 Å². The highest BCUT2D eigenvalue weighted by Gasteiger charge is 2.37. The molecule has 3 N–H and O–H groups in total. The van der Waals surface area contributed by atoms with E-state index in [0.29, 0.717) is 5.69 Å². The van der Waals surface area contributed by atoms with Crippen LogP contribution in [0.4, 0.5) is 0 Å². The second-order valence-corrected chi connectivity index (χ2v) is 6.45. The van der Waals surface area contributed by atoms with Gasteiger partial charge in [-0.1, -0.05) is 6.07 Å². The number of ether oxygens (including phenoxy) is 1. The van der Waals surface area contributed by atoms with Crippen molar-refractivity contribution in [3.05, 3.63) is 30.1 Å². The molecule has 1 aromatic heterocycles. The maximum Gasteiger partial charge on any atom is 0.324 e. The van der Waals surface area contributed by atoms with E-state index in [9.17, 15) is 13.2 Å². The Balaban J connectivity index is 1.90. The number of aromatic nitrogens is 1. The molecule has 0 radical (unpaired) electrons. The van der Waals surface area contributed by atoms with Crippen LogP contribution in [0.5, 0.6) is 0 Å². The molecule has 1 saturated heterocycles. The number of nitrogens with one attached hydrogen (secondary N) is 3. The summed E-state index contributed by atoms with van der Waals surface area (Å²) >= 11 is 0. The molecule has 2 atom stereocenters. The van der Waals surface area contributed by atoms with Crippen molar-refractivity contribution in [3.63, 3.8) is 0 Å². The van der Waals surface area contributed by atoms with Crippen molar-refractivity contribution >= 4 is 16.0 Å². The Kier molecular flexibility index (Phi) is 5.23. The molecule has 0 aromatic carbocycles. The van der Waals surface area contributed by atoms with Gasteiger partial charge in [0.1, 0.15) is 11.4 Å². The van der Waals surface area contributed by atoms with Crippen molar-refractivity contribution in [2.75, 3.05) is 6.61 Å². The van der Waals surface area contributed by atoms with Crippen LogP contribution in [-0.4, -0.2) is 37.4 Å². The number of hydrazine groups is 1. The minimum Gasteiger partial charge on any atom is -0.465 e. The van der Waals surface area contributed by atoms with E-state index in [4.69, 9.17) is 4.74 Å². The number of hydrogen-bond acceptors (Lipinski definition) is 7. The highest BCUT2D eigenvalue weighted by Crippen LogP contribution is 2.12. The molecule has 2 unspecified atom stereocenters. The van der Waals surface area contributed by atoms with E-state index in [-0.39, 0.29) is 19.6 Å². The zero-order valence-corrected chi connectivity index (χ0v) is 12.4. The molecule has 1 aliphatic heterocycles. The summed E-state index contributed by atoms with van der Waals surface area (Å²) in [5, 5.41) is -0.893. The highest BCUT2D eigenvalue weighted by molar-refractivity contribution is 7.90. The Morgan fingerprint density at radius 1 is 1.48 bits per heavy atom. The maximum absolute atomic E-state index is 12.1. The Morgan fingerprint density at radius 3 is 2.95 bits per heavy atom. The number of carbonyl (C=O) groups is 1. The van der Waals surface area contributed by atoms with Gasteiger partial charge in [-0.3, -0.25) is 9.78 Å². The van der Waals surface area contributed by atoms with Gasteiger partial charge in [-0.2, -0.15) is 0 Å². The third-order valence-corrected chi connectivity index (χ3v) is 4.60. The van der Waals surface area contributed by atoms with Gasteiger partial charge in [0.25, 0.3) is 0 Å². The SMILES string of the molecule is CCOC(=O)C1CC(S(=O)(=O)NCc2ccccn2)NN1. The second-order valence-electron chi connectivity index (χ2n) is 4.50. The molecule has 1 aliphatic rings. The van der Waals surface area contributed by atoms with Gasteiger partial charge in [0.2, 0.25) is 10.0 Å². The number of nitrogens with zero attached hydrogens (tertiary/aromatic N) is 1. The quantitative estimate of drug-likeness (QED) is 0.593. The fraction of sp³-hybridized carbons (Fsp3) is 0.500. The van der Waals surface area contributed by atoms with E-state index in [1.807, 2.05) is 0 Å². The zero-order chi connectivity index (χ0) is 15.3. The first-order valence-corrected chi connectivity index (χ1v) is 8.13. The molecule has 1 aromatic rings. The van der Waals surface area contributed by atoms with Crippen LogP contribution in [0.2, 0.25) is 0 Å². The van der Waals surface area contributed by atoms with E-state index >= 15 is 0 Å². The molecule has 0 aliphatic carbocycles. The van der Waals surface area contributed by atoms with Gasteiger partial charge in [-0.15, -0.1) is 0 Å². The summed E-state index contributed by atoms with van der Waals surface area (Å²) in [6, 6.07) is 4.60. The van der Waals surface area contributed by atoms with Gasteiger partial charge in [0.05, 0.1) is 18.8 Å². The lowest BCUT2D eigenvalue weighted by Gasteiger charge is -2.12. The molecule has 116 valence electrons. The minimum atomic E-state index is -3.61. The molecule has 2 rings (SSSR count). The van der Waals surface area contributed by atoms with Crippen LogP contribution in [0.15, 0.2) is 24.4 Å². The summed E-state index contributed by atoms with van der Waals surface area (Å²) in [7, 11) is -3.61. The van der Waals surface area contributed by atoms with Gasteiger partial charge >= 0.3 is 5.97 Å². The number of sulfonamides is 1. The standard InChI is InChI=1S/C12H18N4O4S/c1-2-20-12(17)10-7-11(16-15-10)21(18,19)14-8-9-5-3-4-6-13-9/h3-6,10-11,14-16H,2,7-8H2,1H3. The van der Waals surface area contributed by atoms with Crippen LogP contribution in [0.1, 0.15) is 19.0 Å². The van der Waals surface area contributed by atoms with E-state index in [1.54, 1.807) is 31.3 Å². The van der Waals surface area contributed by atoms with Gasteiger partial charge in [-0.25, -0.2) is 24.0 Å². The number of hydrogen-bond donors (Lipinski definition) is 3. The van der Waals surface area contributed by atoms with E-state index in [0.717, 1.165) is 0 Å². The molecule has 0 amide bonds.